The lowest BCUT2D eigenvalue weighted by Crippen LogP contribution is -2.17. The first-order valence-corrected chi connectivity index (χ1v) is 10.8. The van der Waals surface area contributed by atoms with Crippen molar-refractivity contribution in [2.24, 2.45) is 5.10 Å². The summed E-state index contributed by atoms with van der Waals surface area (Å²) in [6.07, 6.45) is 1.74. The molecule has 1 aromatic heterocycles. The zero-order valence-electron chi connectivity index (χ0n) is 16.9. The topological polar surface area (TPSA) is 46.4 Å². The number of benzene rings is 3. The molecule has 1 heterocycles. The highest BCUT2D eigenvalue weighted by molar-refractivity contribution is 14.1. The number of aromatic nitrogens is 1. The van der Waals surface area contributed by atoms with Crippen molar-refractivity contribution in [1.82, 2.24) is 9.99 Å². The maximum absolute atomic E-state index is 12.3. The summed E-state index contributed by atoms with van der Waals surface area (Å²) in [5, 5.41) is 5.36. The summed E-state index contributed by atoms with van der Waals surface area (Å²) in [4.78, 5) is 12.3. The highest BCUT2D eigenvalue weighted by Crippen LogP contribution is 2.25. The van der Waals surface area contributed by atoms with E-state index in [0.29, 0.717) is 5.56 Å². The van der Waals surface area contributed by atoms with Gasteiger partial charge in [0.05, 0.1) is 6.21 Å². The smallest absolute Gasteiger partial charge is 0.271 e. The molecule has 1 N–H and O–H groups in total. The second-order valence-corrected chi connectivity index (χ2v) is 8.54. The number of carbonyl (C=O) groups is 1. The van der Waals surface area contributed by atoms with E-state index in [1.807, 2.05) is 24.3 Å². The van der Waals surface area contributed by atoms with Gasteiger partial charge in [0.2, 0.25) is 0 Å². The number of aryl methyl sites for hydroxylation is 1. The standard InChI is InChI=1S/C25H22IN3O/c1-17-7-9-19(10-8-17)16-29-18(2)23(22-5-3-4-6-24(22)29)15-27-28-25(30)20-11-13-21(26)14-12-20/h3-15H,16H2,1-2H3,(H,28,30)/b27-15-. The first kappa shape index (κ1) is 20.3. The maximum Gasteiger partial charge on any atom is 0.271 e. The van der Waals surface area contributed by atoms with Crippen LogP contribution in [0.4, 0.5) is 0 Å². The van der Waals surface area contributed by atoms with Crippen LogP contribution in [0, 0.1) is 17.4 Å². The largest absolute Gasteiger partial charge is 0.340 e. The zero-order chi connectivity index (χ0) is 21.1. The molecule has 0 fully saturated rings. The van der Waals surface area contributed by atoms with Crippen LogP contribution < -0.4 is 5.43 Å². The lowest BCUT2D eigenvalue weighted by Gasteiger charge is -2.09. The van der Waals surface area contributed by atoms with E-state index in [4.69, 9.17) is 0 Å². The number of hydrogen-bond acceptors (Lipinski definition) is 2. The number of para-hydroxylation sites is 1. The third kappa shape index (κ3) is 4.31. The molecule has 0 saturated carbocycles. The monoisotopic (exact) mass is 507 g/mol. The van der Waals surface area contributed by atoms with Crippen molar-refractivity contribution in [3.63, 3.8) is 0 Å². The van der Waals surface area contributed by atoms with Gasteiger partial charge in [-0.05, 0) is 72.3 Å². The van der Waals surface area contributed by atoms with Crippen LogP contribution >= 0.6 is 22.6 Å². The molecule has 150 valence electrons. The quantitative estimate of drug-likeness (QED) is 0.211. The van der Waals surface area contributed by atoms with Crippen LogP contribution in [0.15, 0.2) is 77.9 Å². The molecule has 0 aliphatic rings. The average molecular weight is 507 g/mol. The van der Waals surface area contributed by atoms with Gasteiger partial charge in [0, 0.05) is 37.8 Å². The van der Waals surface area contributed by atoms with E-state index in [1.54, 1.807) is 18.3 Å². The van der Waals surface area contributed by atoms with Crippen molar-refractivity contribution in [3.8, 4) is 0 Å². The molecule has 5 heteroatoms. The van der Waals surface area contributed by atoms with E-state index < -0.39 is 0 Å². The molecule has 0 aliphatic carbocycles. The minimum absolute atomic E-state index is 0.219. The van der Waals surface area contributed by atoms with Crippen molar-refractivity contribution in [2.75, 3.05) is 0 Å². The van der Waals surface area contributed by atoms with Gasteiger partial charge in [0.25, 0.3) is 5.91 Å². The summed E-state index contributed by atoms with van der Waals surface area (Å²) < 4.78 is 3.38. The molecule has 3 aromatic carbocycles. The Morgan fingerprint density at radius 2 is 1.70 bits per heavy atom. The summed E-state index contributed by atoms with van der Waals surface area (Å²) in [6.45, 7) is 4.98. The number of amides is 1. The third-order valence-corrected chi connectivity index (χ3v) is 5.93. The highest BCUT2D eigenvalue weighted by atomic mass is 127. The van der Waals surface area contributed by atoms with Crippen molar-refractivity contribution in [3.05, 3.63) is 104 Å². The van der Waals surface area contributed by atoms with Crippen LogP contribution in [-0.2, 0) is 6.54 Å². The van der Waals surface area contributed by atoms with Gasteiger partial charge in [0.15, 0.2) is 0 Å². The average Bonchev–Trinajstić information content (AvgIpc) is 3.01. The summed E-state index contributed by atoms with van der Waals surface area (Å²) in [7, 11) is 0. The van der Waals surface area contributed by atoms with Gasteiger partial charge in [-0.15, -0.1) is 0 Å². The number of hydrazone groups is 1. The van der Waals surface area contributed by atoms with Crippen molar-refractivity contribution >= 4 is 45.6 Å². The fourth-order valence-corrected chi connectivity index (χ4v) is 3.88. The molecule has 30 heavy (non-hydrogen) atoms. The number of nitrogens with one attached hydrogen (secondary N) is 1. The van der Waals surface area contributed by atoms with E-state index in [-0.39, 0.29) is 5.91 Å². The summed E-state index contributed by atoms with van der Waals surface area (Å²) in [5.74, 6) is -0.219. The molecule has 0 atom stereocenters. The molecular weight excluding hydrogens is 485 g/mol. The van der Waals surface area contributed by atoms with E-state index in [2.05, 4.69) is 87.9 Å². The van der Waals surface area contributed by atoms with Crippen molar-refractivity contribution in [1.29, 1.82) is 0 Å². The summed E-state index contributed by atoms with van der Waals surface area (Å²) >= 11 is 2.22. The van der Waals surface area contributed by atoms with Crippen LogP contribution in [-0.4, -0.2) is 16.7 Å². The molecular formula is C25H22IN3O. The fourth-order valence-electron chi connectivity index (χ4n) is 3.52. The summed E-state index contributed by atoms with van der Waals surface area (Å²) in [5.41, 5.74) is 9.02. The predicted octanol–water partition coefficient (Wildman–Crippen LogP) is 5.67. The molecule has 0 radical (unpaired) electrons. The Balaban J connectivity index is 1.61. The molecule has 1 amide bonds. The Morgan fingerprint density at radius 3 is 2.43 bits per heavy atom. The normalized spacial score (nSPS) is 11.3. The molecule has 4 nitrogen and oxygen atoms in total. The molecule has 4 rings (SSSR count). The number of fused-ring (bicyclic) bond motifs is 1. The second kappa shape index (κ2) is 8.83. The molecule has 0 bridgehead atoms. The Hall–Kier alpha value is -2.93. The van der Waals surface area contributed by atoms with Gasteiger partial charge in [-0.25, -0.2) is 5.43 Å². The number of halogens is 1. The Morgan fingerprint density at radius 1 is 1.00 bits per heavy atom. The van der Waals surface area contributed by atoms with Crippen LogP contribution in [0.3, 0.4) is 0 Å². The van der Waals surface area contributed by atoms with E-state index in [0.717, 1.165) is 32.3 Å². The van der Waals surface area contributed by atoms with Crippen molar-refractivity contribution < 1.29 is 4.79 Å². The number of carbonyl (C=O) groups excluding carboxylic acids is 1. The van der Waals surface area contributed by atoms with Crippen LogP contribution in [0.1, 0.15) is 32.7 Å². The zero-order valence-corrected chi connectivity index (χ0v) is 19.1. The Bertz CT molecular complexity index is 1220. The minimum atomic E-state index is -0.219. The summed E-state index contributed by atoms with van der Waals surface area (Å²) in [6, 6.07) is 24.3. The fraction of sp³-hybridized carbons (Fsp3) is 0.120. The first-order chi connectivity index (χ1) is 14.5. The number of nitrogens with zero attached hydrogens (tertiary/aromatic N) is 2. The lowest BCUT2D eigenvalue weighted by atomic mass is 10.1. The van der Waals surface area contributed by atoms with Gasteiger partial charge in [-0.3, -0.25) is 4.79 Å². The van der Waals surface area contributed by atoms with Gasteiger partial charge < -0.3 is 4.57 Å². The van der Waals surface area contributed by atoms with Crippen LogP contribution in [0.5, 0.6) is 0 Å². The van der Waals surface area contributed by atoms with Gasteiger partial charge in [-0.1, -0.05) is 48.0 Å². The van der Waals surface area contributed by atoms with Crippen LogP contribution in [0.2, 0.25) is 0 Å². The SMILES string of the molecule is Cc1ccc(Cn2c(C)c(/C=N\NC(=O)c3ccc(I)cc3)c3ccccc32)cc1. The molecule has 0 unspecified atom stereocenters. The van der Waals surface area contributed by atoms with E-state index in [9.17, 15) is 4.79 Å². The lowest BCUT2D eigenvalue weighted by molar-refractivity contribution is 0.0955. The van der Waals surface area contributed by atoms with Gasteiger partial charge in [0.1, 0.15) is 0 Å². The van der Waals surface area contributed by atoms with Gasteiger partial charge in [-0.2, -0.15) is 5.10 Å². The molecule has 0 aliphatic heterocycles. The predicted molar refractivity (Wildman–Crippen MR) is 131 cm³/mol. The van der Waals surface area contributed by atoms with Crippen molar-refractivity contribution in [2.45, 2.75) is 20.4 Å². The number of hydrogen-bond donors (Lipinski definition) is 1. The van der Waals surface area contributed by atoms with Gasteiger partial charge >= 0.3 is 0 Å². The number of rotatable bonds is 5. The van der Waals surface area contributed by atoms with E-state index in [1.165, 1.54) is 11.1 Å². The molecule has 4 aromatic rings. The molecule has 0 saturated heterocycles. The first-order valence-electron chi connectivity index (χ1n) is 9.75. The molecule has 0 spiro atoms. The van der Waals surface area contributed by atoms with E-state index >= 15 is 0 Å². The maximum atomic E-state index is 12.3. The minimum Gasteiger partial charge on any atom is -0.340 e. The highest BCUT2D eigenvalue weighted by Gasteiger charge is 2.13. The third-order valence-electron chi connectivity index (χ3n) is 5.21. The second-order valence-electron chi connectivity index (χ2n) is 7.29. The Kier molecular flexibility index (Phi) is 5.99. The van der Waals surface area contributed by atoms with Crippen LogP contribution in [0.25, 0.3) is 10.9 Å². The Labute approximate surface area is 189 Å².